The highest BCUT2D eigenvalue weighted by Gasteiger charge is 2.35. The van der Waals surface area contributed by atoms with Crippen molar-refractivity contribution in [3.63, 3.8) is 0 Å². The van der Waals surface area contributed by atoms with Gasteiger partial charge in [-0.1, -0.05) is 49.6 Å². The Labute approximate surface area is 143 Å². The molecule has 1 fully saturated rings. The van der Waals surface area contributed by atoms with Gasteiger partial charge in [0.25, 0.3) is 0 Å². The fourth-order valence-electron chi connectivity index (χ4n) is 3.35. The predicted molar refractivity (Wildman–Crippen MR) is 94.2 cm³/mol. The molecule has 128 valence electrons. The number of aryl methyl sites for hydroxylation is 2. The number of nitrogens with two attached hydrogens (primary N) is 1. The molecular weight excluding hydrogens is 300 g/mol. The molecule has 2 aromatic rings. The number of carbonyl (C=O) groups is 1. The summed E-state index contributed by atoms with van der Waals surface area (Å²) in [6.45, 7) is 1.28. The van der Waals surface area contributed by atoms with Crippen molar-refractivity contribution in [1.82, 2.24) is 14.9 Å². The lowest BCUT2D eigenvalue weighted by atomic mass is 9.82. The number of hydrogen-bond donors (Lipinski definition) is 2. The number of benzene rings is 1. The van der Waals surface area contributed by atoms with Crippen LogP contribution in [0, 0.1) is 0 Å². The Bertz CT molecular complexity index is 659. The van der Waals surface area contributed by atoms with Crippen LogP contribution in [0.1, 0.15) is 43.5 Å². The lowest BCUT2D eigenvalue weighted by Crippen LogP contribution is -2.54. The molecule has 0 unspecified atom stereocenters. The summed E-state index contributed by atoms with van der Waals surface area (Å²) in [6, 6.07) is 10.4. The van der Waals surface area contributed by atoms with Gasteiger partial charge in [0.2, 0.25) is 5.91 Å². The van der Waals surface area contributed by atoms with Crippen LogP contribution in [0.25, 0.3) is 0 Å². The monoisotopic (exact) mass is 326 g/mol. The van der Waals surface area contributed by atoms with Gasteiger partial charge in [-0.2, -0.15) is 0 Å². The average Bonchev–Trinajstić information content (AvgIpc) is 3.07. The van der Waals surface area contributed by atoms with Gasteiger partial charge in [-0.3, -0.25) is 4.79 Å². The van der Waals surface area contributed by atoms with E-state index in [0.29, 0.717) is 6.54 Å². The largest absolute Gasteiger partial charge is 0.347 e. The molecule has 1 amide bonds. The van der Waals surface area contributed by atoms with E-state index < -0.39 is 5.54 Å². The Kier molecular flexibility index (Phi) is 5.30. The van der Waals surface area contributed by atoms with Crippen LogP contribution in [-0.4, -0.2) is 21.0 Å². The average molecular weight is 326 g/mol. The van der Waals surface area contributed by atoms with E-state index in [2.05, 4.69) is 39.1 Å². The van der Waals surface area contributed by atoms with E-state index >= 15 is 0 Å². The molecule has 1 saturated carbocycles. The van der Waals surface area contributed by atoms with Crippen molar-refractivity contribution in [2.45, 2.75) is 57.2 Å². The molecule has 1 heterocycles. The Balaban J connectivity index is 1.54. The number of carbonyl (C=O) groups excluding carboxylic acids is 1. The van der Waals surface area contributed by atoms with Gasteiger partial charge in [0.1, 0.15) is 5.82 Å². The second kappa shape index (κ2) is 7.62. The van der Waals surface area contributed by atoms with Crippen molar-refractivity contribution in [2.24, 2.45) is 5.73 Å². The predicted octanol–water partition coefficient (Wildman–Crippen LogP) is 2.40. The molecular formula is C19H26N4O. The molecule has 5 nitrogen and oxygen atoms in total. The minimum Gasteiger partial charge on any atom is -0.347 e. The maximum Gasteiger partial charge on any atom is 0.240 e. The van der Waals surface area contributed by atoms with Crippen molar-refractivity contribution in [1.29, 1.82) is 0 Å². The van der Waals surface area contributed by atoms with E-state index in [4.69, 9.17) is 5.73 Å². The number of aromatic nitrogens is 2. The Morgan fingerprint density at radius 1 is 1.21 bits per heavy atom. The van der Waals surface area contributed by atoms with Crippen LogP contribution in [0.15, 0.2) is 42.7 Å². The lowest BCUT2D eigenvalue weighted by molar-refractivity contribution is -0.127. The number of amides is 1. The van der Waals surface area contributed by atoms with Crippen LogP contribution < -0.4 is 11.1 Å². The Morgan fingerprint density at radius 2 is 1.96 bits per heavy atom. The number of nitrogens with one attached hydrogen (secondary N) is 1. The van der Waals surface area contributed by atoms with Gasteiger partial charge in [-0.15, -0.1) is 0 Å². The first kappa shape index (κ1) is 16.7. The van der Waals surface area contributed by atoms with Gasteiger partial charge in [0, 0.05) is 18.9 Å². The van der Waals surface area contributed by atoms with Crippen molar-refractivity contribution in [3.05, 3.63) is 54.1 Å². The lowest BCUT2D eigenvalue weighted by Gasteiger charge is -2.31. The van der Waals surface area contributed by atoms with Crippen molar-refractivity contribution < 1.29 is 4.79 Å². The van der Waals surface area contributed by atoms with Crippen LogP contribution in [0.3, 0.4) is 0 Å². The zero-order valence-corrected chi connectivity index (χ0v) is 14.1. The molecule has 0 aliphatic heterocycles. The standard InChI is InChI=1S/C19H26N4O/c20-19(10-5-2-6-11-19)18(24)22-15-17-21-12-14-23(17)13-9-16-7-3-1-4-8-16/h1,3-4,7-8,12,14H,2,5-6,9-11,13,15,20H2,(H,22,24). The van der Waals surface area contributed by atoms with Gasteiger partial charge in [0.15, 0.2) is 0 Å². The molecule has 0 bridgehead atoms. The molecule has 0 spiro atoms. The summed E-state index contributed by atoms with van der Waals surface area (Å²) in [5.74, 6) is 0.832. The van der Waals surface area contributed by atoms with Gasteiger partial charge < -0.3 is 15.6 Å². The van der Waals surface area contributed by atoms with E-state index in [0.717, 1.165) is 44.5 Å². The first-order chi connectivity index (χ1) is 11.7. The minimum atomic E-state index is -0.695. The molecule has 0 saturated heterocycles. The molecule has 0 radical (unpaired) electrons. The first-order valence-corrected chi connectivity index (χ1v) is 8.78. The maximum absolute atomic E-state index is 12.4. The van der Waals surface area contributed by atoms with E-state index in [9.17, 15) is 4.79 Å². The van der Waals surface area contributed by atoms with Gasteiger partial charge >= 0.3 is 0 Å². The third-order valence-corrected chi connectivity index (χ3v) is 4.89. The first-order valence-electron chi connectivity index (χ1n) is 8.78. The zero-order valence-electron chi connectivity index (χ0n) is 14.1. The highest BCUT2D eigenvalue weighted by molar-refractivity contribution is 5.86. The molecule has 1 aromatic heterocycles. The van der Waals surface area contributed by atoms with Crippen LogP contribution in [0.4, 0.5) is 0 Å². The summed E-state index contributed by atoms with van der Waals surface area (Å²) in [6.07, 6.45) is 9.50. The number of rotatable bonds is 6. The van der Waals surface area contributed by atoms with Crippen LogP contribution in [0.5, 0.6) is 0 Å². The Morgan fingerprint density at radius 3 is 2.71 bits per heavy atom. The highest BCUT2D eigenvalue weighted by Crippen LogP contribution is 2.26. The van der Waals surface area contributed by atoms with E-state index in [-0.39, 0.29) is 5.91 Å². The van der Waals surface area contributed by atoms with Crippen LogP contribution in [0.2, 0.25) is 0 Å². The quantitative estimate of drug-likeness (QED) is 0.856. The minimum absolute atomic E-state index is 0.0418. The second-order valence-corrected chi connectivity index (χ2v) is 6.67. The van der Waals surface area contributed by atoms with Crippen molar-refractivity contribution in [2.75, 3.05) is 0 Å². The van der Waals surface area contributed by atoms with E-state index in [1.165, 1.54) is 12.0 Å². The fraction of sp³-hybridized carbons (Fsp3) is 0.474. The topological polar surface area (TPSA) is 72.9 Å². The third-order valence-electron chi connectivity index (χ3n) is 4.89. The smallest absolute Gasteiger partial charge is 0.240 e. The molecule has 1 aliphatic rings. The van der Waals surface area contributed by atoms with Gasteiger partial charge in [0.05, 0.1) is 12.1 Å². The summed E-state index contributed by atoms with van der Waals surface area (Å²) in [5.41, 5.74) is 6.88. The van der Waals surface area contributed by atoms with Gasteiger partial charge in [-0.05, 0) is 24.8 Å². The summed E-state index contributed by atoms with van der Waals surface area (Å²) >= 11 is 0. The van der Waals surface area contributed by atoms with Crippen molar-refractivity contribution in [3.8, 4) is 0 Å². The zero-order chi connectivity index (χ0) is 16.8. The number of hydrogen-bond acceptors (Lipinski definition) is 3. The summed E-state index contributed by atoms with van der Waals surface area (Å²) in [4.78, 5) is 16.8. The van der Waals surface area contributed by atoms with Crippen LogP contribution in [-0.2, 0) is 24.3 Å². The summed E-state index contributed by atoms with van der Waals surface area (Å²) in [5, 5.41) is 2.99. The van der Waals surface area contributed by atoms with E-state index in [1.54, 1.807) is 6.20 Å². The number of imidazole rings is 1. The molecule has 5 heteroatoms. The highest BCUT2D eigenvalue weighted by atomic mass is 16.2. The molecule has 3 rings (SSSR count). The normalized spacial score (nSPS) is 16.7. The fourth-order valence-corrected chi connectivity index (χ4v) is 3.35. The van der Waals surface area contributed by atoms with Gasteiger partial charge in [-0.25, -0.2) is 4.98 Å². The molecule has 1 aliphatic carbocycles. The van der Waals surface area contributed by atoms with Crippen LogP contribution >= 0.6 is 0 Å². The number of nitrogens with zero attached hydrogens (tertiary/aromatic N) is 2. The summed E-state index contributed by atoms with van der Waals surface area (Å²) in [7, 11) is 0. The SMILES string of the molecule is NC1(C(=O)NCc2nccn2CCc2ccccc2)CCCCC1. The Hall–Kier alpha value is -2.14. The molecule has 3 N–H and O–H groups in total. The maximum atomic E-state index is 12.4. The third kappa shape index (κ3) is 4.03. The van der Waals surface area contributed by atoms with E-state index in [1.807, 2.05) is 12.3 Å². The molecule has 0 atom stereocenters. The molecule has 24 heavy (non-hydrogen) atoms. The second-order valence-electron chi connectivity index (χ2n) is 6.67. The van der Waals surface area contributed by atoms with Crippen molar-refractivity contribution >= 4 is 5.91 Å². The molecule has 1 aromatic carbocycles. The summed E-state index contributed by atoms with van der Waals surface area (Å²) < 4.78 is 2.09.